The molecule has 4 heteroatoms. The van der Waals surface area contributed by atoms with Crippen LogP contribution in [0.2, 0.25) is 0 Å². The Balaban J connectivity index is 2.62. The lowest BCUT2D eigenvalue weighted by Gasteiger charge is -2.16. The number of hydrogen-bond donors (Lipinski definition) is 1. The van der Waals surface area contributed by atoms with E-state index in [-0.39, 0.29) is 11.8 Å². The summed E-state index contributed by atoms with van der Waals surface area (Å²) >= 11 is 0. The smallest absolute Gasteiger partial charge is 0.151 e. The second-order valence-corrected chi connectivity index (χ2v) is 4.75. The third-order valence-electron chi connectivity index (χ3n) is 1.50. The summed E-state index contributed by atoms with van der Waals surface area (Å²) < 4.78 is 21.6. The van der Waals surface area contributed by atoms with Gasteiger partial charge in [0.2, 0.25) is 0 Å². The second kappa shape index (κ2) is 2.27. The maximum Gasteiger partial charge on any atom is 0.151 e. The number of sulfone groups is 1. The van der Waals surface area contributed by atoms with Crippen LogP contribution in [0.15, 0.2) is 0 Å². The van der Waals surface area contributed by atoms with Crippen LogP contribution in [-0.2, 0) is 9.84 Å². The van der Waals surface area contributed by atoms with Crippen LogP contribution in [0.4, 0.5) is 0 Å². The molecule has 1 unspecified atom stereocenters. The Morgan fingerprint density at radius 3 is 2.44 bits per heavy atom. The van der Waals surface area contributed by atoms with E-state index >= 15 is 0 Å². The number of nitrogens with two attached hydrogens (primary N) is 1. The fraction of sp³-hybridized carbons (Fsp3) is 1.00. The molecule has 54 valence electrons. The van der Waals surface area contributed by atoms with Crippen LogP contribution in [0.1, 0.15) is 12.8 Å². The maximum absolute atomic E-state index is 10.8. The Labute approximate surface area is 55.2 Å². The highest BCUT2D eigenvalue weighted by atomic mass is 32.2. The van der Waals surface area contributed by atoms with Crippen LogP contribution in [-0.4, -0.2) is 26.0 Å². The molecule has 1 aliphatic heterocycles. The first-order chi connectivity index (χ1) is 4.10. The van der Waals surface area contributed by atoms with Crippen molar-refractivity contribution < 1.29 is 8.42 Å². The van der Waals surface area contributed by atoms with E-state index in [1.807, 2.05) is 0 Å². The van der Waals surface area contributed by atoms with Gasteiger partial charge in [0.25, 0.3) is 0 Å². The summed E-state index contributed by atoms with van der Waals surface area (Å²) in [6.07, 6.45) is 1.60. The highest BCUT2D eigenvalue weighted by Gasteiger charge is 2.21. The predicted molar refractivity (Wildman–Crippen MR) is 35.9 cm³/mol. The quantitative estimate of drug-likeness (QED) is 0.506. The van der Waals surface area contributed by atoms with Crippen molar-refractivity contribution in [1.29, 1.82) is 0 Å². The van der Waals surface area contributed by atoms with E-state index in [0.29, 0.717) is 5.75 Å². The standard InChI is InChI=1S/C5H11NO2S/c6-5-2-1-3-9(7,8)4-5/h5H,1-4,6H2. The van der Waals surface area contributed by atoms with Gasteiger partial charge in [-0.2, -0.15) is 0 Å². The molecule has 1 fully saturated rings. The minimum atomic E-state index is -2.76. The lowest BCUT2D eigenvalue weighted by atomic mass is 10.2. The van der Waals surface area contributed by atoms with Gasteiger partial charge >= 0.3 is 0 Å². The van der Waals surface area contributed by atoms with E-state index in [2.05, 4.69) is 0 Å². The van der Waals surface area contributed by atoms with Gasteiger partial charge in [-0.05, 0) is 12.8 Å². The zero-order valence-electron chi connectivity index (χ0n) is 5.21. The molecule has 1 aliphatic rings. The highest BCUT2D eigenvalue weighted by Crippen LogP contribution is 2.09. The summed E-state index contributed by atoms with van der Waals surface area (Å²) in [6.45, 7) is 0. The van der Waals surface area contributed by atoms with Crippen molar-refractivity contribution in [3.8, 4) is 0 Å². The molecule has 0 aromatic heterocycles. The molecule has 3 nitrogen and oxygen atoms in total. The van der Waals surface area contributed by atoms with Crippen molar-refractivity contribution in [1.82, 2.24) is 0 Å². The normalized spacial score (nSPS) is 34.1. The van der Waals surface area contributed by atoms with Gasteiger partial charge in [0.1, 0.15) is 0 Å². The third kappa shape index (κ3) is 1.95. The molecule has 1 atom stereocenters. The summed E-state index contributed by atoms with van der Waals surface area (Å²) in [5, 5.41) is 0. The van der Waals surface area contributed by atoms with Crippen LogP contribution in [0.5, 0.6) is 0 Å². The first-order valence-corrected chi connectivity index (χ1v) is 4.88. The first-order valence-electron chi connectivity index (χ1n) is 3.06. The Bertz CT molecular complexity index is 185. The molecule has 0 bridgehead atoms. The van der Waals surface area contributed by atoms with Crippen molar-refractivity contribution in [2.45, 2.75) is 18.9 Å². The van der Waals surface area contributed by atoms with Gasteiger partial charge in [0, 0.05) is 6.04 Å². The van der Waals surface area contributed by atoms with Crippen molar-refractivity contribution in [2.24, 2.45) is 5.73 Å². The highest BCUT2D eigenvalue weighted by molar-refractivity contribution is 7.91. The fourth-order valence-corrected chi connectivity index (χ4v) is 2.65. The molecule has 2 N–H and O–H groups in total. The predicted octanol–water partition coefficient (Wildman–Crippen LogP) is -0.478. The molecule has 1 heterocycles. The lowest BCUT2D eigenvalue weighted by Crippen LogP contribution is -2.35. The largest absolute Gasteiger partial charge is 0.327 e. The average molecular weight is 149 g/mol. The third-order valence-corrected chi connectivity index (χ3v) is 3.34. The summed E-state index contributed by atoms with van der Waals surface area (Å²) in [5.74, 6) is 0.522. The molecule has 9 heavy (non-hydrogen) atoms. The van der Waals surface area contributed by atoms with Gasteiger partial charge in [-0.3, -0.25) is 0 Å². The van der Waals surface area contributed by atoms with E-state index in [9.17, 15) is 8.42 Å². The summed E-state index contributed by atoms with van der Waals surface area (Å²) in [6, 6.07) is -0.108. The maximum atomic E-state index is 10.8. The van der Waals surface area contributed by atoms with E-state index < -0.39 is 9.84 Å². The van der Waals surface area contributed by atoms with E-state index in [0.717, 1.165) is 12.8 Å². The van der Waals surface area contributed by atoms with E-state index in [1.54, 1.807) is 0 Å². The van der Waals surface area contributed by atoms with Gasteiger partial charge in [-0.1, -0.05) is 0 Å². The molecule has 1 rings (SSSR count). The van der Waals surface area contributed by atoms with Crippen LogP contribution in [0.25, 0.3) is 0 Å². The zero-order valence-corrected chi connectivity index (χ0v) is 6.02. The summed E-state index contributed by atoms with van der Waals surface area (Å²) in [4.78, 5) is 0. The number of hydrogen-bond acceptors (Lipinski definition) is 3. The number of rotatable bonds is 0. The summed E-state index contributed by atoms with van der Waals surface area (Å²) in [7, 11) is -2.76. The average Bonchev–Trinajstić information content (AvgIpc) is 1.60. The molecule has 0 aromatic rings. The van der Waals surface area contributed by atoms with Crippen molar-refractivity contribution in [3.63, 3.8) is 0 Å². The molecule has 0 spiro atoms. The minimum Gasteiger partial charge on any atom is -0.327 e. The zero-order chi connectivity index (χ0) is 6.91. The van der Waals surface area contributed by atoms with E-state index in [1.165, 1.54) is 0 Å². The fourth-order valence-electron chi connectivity index (χ4n) is 1.06. The molecular formula is C5H11NO2S. The molecule has 0 saturated carbocycles. The molecule has 1 saturated heterocycles. The van der Waals surface area contributed by atoms with Gasteiger partial charge < -0.3 is 5.73 Å². The van der Waals surface area contributed by atoms with Gasteiger partial charge in [-0.15, -0.1) is 0 Å². The van der Waals surface area contributed by atoms with Gasteiger partial charge in [-0.25, -0.2) is 8.42 Å². The second-order valence-electron chi connectivity index (χ2n) is 2.52. The van der Waals surface area contributed by atoms with Gasteiger partial charge in [0.05, 0.1) is 11.5 Å². The monoisotopic (exact) mass is 149 g/mol. The molecular weight excluding hydrogens is 138 g/mol. The van der Waals surface area contributed by atoms with Crippen LogP contribution in [0, 0.1) is 0 Å². The van der Waals surface area contributed by atoms with E-state index in [4.69, 9.17) is 5.73 Å². The first kappa shape index (κ1) is 7.02. The Kier molecular flexibility index (Phi) is 1.77. The SMILES string of the molecule is NC1CCCS(=O)(=O)C1. The molecule has 0 amide bonds. The minimum absolute atomic E-state index is 0.108. The summed E-state index contributed by atoms with van der Waals surface area (Å²) in [5.41, 5.74) is 5.43. The van der Waals surface area contributed by atoms with Crippen molar-refractivity contribution in [3.05, 3.63) is 0 Å². The topological polar surface area (TPSA) is 60.2 Å². The Morgan fingerprint density at radius 1 is 1.44 bits per heavy atom. The Hall–Kier alpha value is -0.0900. The van der Waals surface area contributed by atoms with Crippen LogP contribution in [0.3, 0.4) is 0 Å². The van der Waals surface area contributed by atoms with Crippen LogP contribution < -0.4 is 5.73 Å². The lowest BCUT2D eigenvalue weighted by molar-refractivity contribution is 0.552. The molecule has 0 radical (unpaired) electrons. The van der Waals surface area contributed by atoms with Crippen molar-refractivity contribution >= 4 is 9.84 Å². The molecule has 0 aromatic carbocycles. The van der Waals surface area contributed by atoms with Crippen LogP contribution >= 0.6 is 0 Å². The molecule has 0 aliphatic carbocycles. The van der Waals surface area contributed by atoms with Crippen molar-refractivity contribution in [2.75, 3.05) is 11.5 Å². The Morgan fingerprint density at radius 2 is 2.11 bits per heavy atom. The van der Waals surface area contributed by atoms with Gasteiger partial charge in [0.15, 0.2) is 9.84 Å².